The molecule has 24 heavy (non-hydrogen) atoms. The van der Waals surface area contributed by atoms with Crippen LogP contribution in [-0.2, 0) is 42.4 Å². The van der Waals surface area contributed by atoms with Crippen molar-refractivity contribution in [1.82, 2.24) is 0 Å². The third-order valence-corrected chi connectivity index (χ3v) is 4.90. The molecule has 5 atom stereocenters. The highest BCUT2D eigenvalue weighted by atomic mass is 32.3. The largest absolute Gasteiger partial charge is 0.400 e. The van der Waals surface area contributed by atoms with Crippen molar-refractivity contribution in [3.8, 4) is 0 Å². The molecule has 0 unspecified atom stereocenters. The maximum absolute atomic E-state index is 12.0. The van der Waals surface area contributed by atoms with Crippen molar-refractivity contribution in [2.75, 3.05) is 13.2 Å². The van der Waals surface area contributed by atoms with E-state index in [0.717, 1.165) is 0 Å². The van der Waals surface area contributed by atoms with Gasteiger partial charge in [0.1, 0.15) is 24.4 Å². The Morgan fingerprint density at radius 1 is 1.04 bits per heavy atom. The van der Waals surface area contributed by atoms with Gasteiger partial charge in [-0.05, 0) is 34.6 Å². The van der Waals surface area contributed by atoms with E-state index in [1.54, 1.807) is 34.6 Å². The molecule has 0 aromatic rings. The summed E-state index contributed by atoms with van der Waals surface area (Å²) in [5, 5.41) is 0. The summed E-state index contributed by atoms with van der Waals surface area (Å²) in [5.74, 6) is -1.68. The number of ether oxygens (including phenoxy) is 5. The average molecular weight is 368 g/mol. The molecule has 0 aromatic carbocycles. The monoisotopic (exact) mass is 368 g/mol. The predicted molar refractivity (Wildman–Crippen MR) is 79.0 cm³/mol. The lowest BCUT2D eigenvalue weighted by Crippen LogP contribution is -2.45. The summed E-state index contributed by atoms with van der Waals surface area (Å²) in [7, 11) is -4.19. The number of hydrogen-bond acceptors (Lipinski definition) is 9. The summed E-state index contributed by atoms with van der Waals surface area (Å²) >= 11 is 0. The second-order valence-electron chi connectivity index (χ2n) is 6.81. The summed E-state index contributed by atoms with van der Waals surface area (Å²) < 4.78 is 62.4. The molecular weight excluding hydrogens is 344 g/mol. The zero-order valence-electron chi connectivity index (χ0n) is 14.4. The van der Waals surface area contributed by atoms with Crippen LogP contribution in [0.2, 0.25) is 0 Å². The standard InChI is InChI=1S/C14H24O9S/c1-6-18-24(15,16)23-10-9(8-7-17-13(2,3)20-8)19-12-11(10)21-14(4,5)22-12/h8-12H,6-7H2,1-5H3/t8-,9-,10+,11-,12-/m1/s1. The molecule has 0 aliphatic carbocycles. The van der Waals surface area contributed by atoms with E-state index in [1.807, 2.05) is 0 Å². The van der Waals surface area contributed by atoms with Crippen LogP contribution in [0.15, 0.2) is 0 Å². The molecule has 0 N–H and O–H groups in total. The highest BCUT2D eigenvalue weighted by Gasteiger charge is 2.60. The van der Waals surface area contributed by atoms with Crippen LogP contribution in [0.4, 0.5) is 0 Å². The molecule has 0 spiro atoms. The zero-order valence-corrected chi connectivity index (χ0v) is 15.2. The van der Waals surface area contributed by atoms with Crippen LogP contribution in [0.25, 0.3) is 0 Å². The lowest BCUT2D eigenvalue weighted by molar-refractivity contribution is -0.230. The summed E-state index contributed by atoms with van der Waals surface area (Å²) in [6.07, 6.45) is -3.67. The average Bonchev–Trinajstić information content (AvgIpc) is 3.01. The highest BCUT2D eigenvalue weighted by Crippen LogP contribution is 2.42. The van der Waals surface area contributed by atoms with Crippen molar-refractivity contribution in [2.45, 2.75) is 76.9 Å². The van der Waals surface area contributed by atoms with E-state index in [0.29, 0.717) is 0 Å². The summed E-state index contributed by atoms with van der Waals surface area (Å²) in [6.45, 7) is 8.74. The van der Waals surface area contributed by atoms with Gasteiger partial charge in [0, 0.05) is 0 Å². The summed E-state index contributed by atoms with van der Waals surface area (Å²) in [4.78, 5) is 0. The molecule has 0 aromatic heterocycles. The van der Waals surface area contributed by atoms with E-state index >= 15 is 0 Å². The molecular formula is C14H24O9S. The van der Waals surface area contributed by atoms with E-state index in [9.17, 15) is 8.42 Å². The smallest absolute Gasteiger partial charge is 0.348 e. The first-order valence-corrected chi connectivity index (χ1v) is 9.26. The van der Waals surface area contributed by atoms with E-state index < -0.39 is 52.7 Å². The van der Waals surface area contributed by atoms with Crippen molar-refractivity contribution in [3.05, 3.63) is 0 Å². The molecule has 140 valence electrons. The van der Waals surface area contributed by atoms with Crippen molar-refractivity contribution < 1.29 is 40.5 Å². The molecule has 3 heterocycles. The van der Waals surface area contributed by atoms with Crippen molar-refractivity contribution in [2.24, 2.45) is 0 Å². The van der Waals surface area contributed by atoms with E-state index in [-0.39, 0.29) is 13.2 Å². The van der Waals surface area contributed by atoms with Crippen molar-refractivity contribution >= 4 is 10.4 Å². The van der Waals surface area contributed by atoms with E-state index in [4.69, 9.17) is 27.9 Å². The zero-order chi connectivity index (χ0) is 17.8. The molecule has 3 aliphatic rings. The second kappa shape index (κ2) is 6.13. The maximum Gasteiger partial charge on any atom is 0.400 e. The minimum Gasteiger partial charge on any atom is -0.348 e. The van der Waals surface area contributed by atoms with Gasteiger partial charge in [0.05, 0.1) is 13.2 Å². The predicted octanol–water partition coefficient (Wildman–Crippen LogP) is 0.681. The molecule has 10 heteroatoms. The molecule has 3 rings (SSSR count). The van der Waals surface area contributed by atoms with Gasteiger partial charge in [-0.2, -0.15) is 8.42 Å². The first-order valence-electron chi connectivity index (χ1n) is 7.92. The molecule has 0 bridgehead atoms. The Labute approximate surface area is 141 Å². The van der Waals surface area contributed by atoms with Gasteiger partial charge >= 0.3 is 10.4 Å². The Balaban J connectivity index is 1.80. The Kier molecular flexibility index (Phi) is 4.72. The Bertz CT molecular complexity index is 573. The minimum atomic E-state index is -4.19. The van der Waals surface area contributed by atoms with Crippen LogP contribution >= 0.6 is 0 Å². The maximum atomic E-state index is 12.0. The fraction of sp³-hybridized carbons (Fsp3) is 1.00. The van der Waals surface area contributed by atoms with Crippen LogP contribution in [0.5, 0.6) is 0 Å². The van der Waals surface area contributed by atoms with E-state index in [1.165, 1.54) is 0 Å². The van der Waals surface area contributed by atoms with Gasteiger partial charge in [0.2, 0.25) is 0 Å². The Hall–Kier alpha value is -0.330. The lowest BCUT2D eigenvalue weighted by Gasteiger charge is -2.28. The highest BCUT2D eigenvalue weighted by molar-refractivity contribution is 7.81. The van der Waals surface area contributed by atoms with Crippen LogP contribution in [0.3, 0.4) is 0 Å². The lowest BCUT2D eigenvalue weighted by atomic mass is 10.1. The van der Waals surface area contributed by atoms with Gasteiger partial charge in [0.25, 0.3) is 0 Å². The van der Waals surface area contributed by atoms with Gasteiger partial charge in [-0.15, -0.1) is 0 Å². The molecule has 9 nitrogen and oxygen atoms in total. The first kappa shape index (κ1) is 18.5. The fourth-order valence-corrected chi connectivity index (χ4v) is 3.93. The Morgan fingerprint density at radius 3 is 2.33 bits per heavy atom. The number of rotatable bonds is 5. The van der Waals surface area contributed by atoms with Crippen LogP contribution in [-0.4, -0.2) is 63.9 Å². The second-order valence-corrected chi connectivity index (χ2v) is 8.06. The van der Waals surface area contributed by atoms with E-state index in [2.05, 4.69) is 4.18 Å². The minimum absolute atomic E-state index is 0.0341. The molecule has 0 saturated carbocycles. The van der Waals surface area contributed by atoms with Crippen molar-refractivity contribution in [1.29, 1.82) is 0 Å². The van der Waals surface area contributed by atoms with Gasteiger partial charge in [-0.25, -0.2) is 8.37 Å². The van der Waals surface area contributed by atoms with Gasteiger partial charge < -0.3 is 23.7 Å². The molecule has 3 saturated heterocycles. The third kappa shape index (κ3) is 3.75. The van der Waals surface area contributed by atoms with Gasteiger partial charge in [0.15, 0.2) is 17.9 Å². The van der Waals surface area contributed by atoms with Crippen LogP contribution in [0.1, 0.15) is 34.6 Å². The molecule has 0 amide bonds. The molecule has 3 aliphatic heterocycles. The van der Waals surface area contributed by atoms with Gasteiger partial charge in [-0.1, -0.05) is 0 Å². The normalized spacial score (nSPS) is 40.8. The van der Waals surface area contributed by atoms with Crippen LogP contribution < -0.4 is 0 Å². The number of hydrogen-bond donors (Lipinski definition) is 0. The molecule has 0 radical (unpaired) electrons. The summed E-state index contributed by atoms with van der Waals surface area (Å²) in [5.41, 5.74) is 0. The van der Waals surface area contributed by atoms with Crippen molar-refractivity contribution in [3.63, 3.8) is 0 Å². The molecule has 3 fully saturated rings. The number of fused-ring (bicyclic) bond motifs is 1. The van der Waals surface area contributed by atoms with Crippen LogP contribution in [0, 0.1) is 0 Å². The first-order chi connectivity index (χ1) is 11.0. The fourth-order valence-electron chi connectivity index (χ4n) is 3.10. The topological polar surface area (TPSA) is 98.8 Å². The van der Waals surface area contributed by atoms with Gasteiger partial charge in [-0.3, -0.25) is 0 Å². The summed E-state index contributed by atoms with van der Waals surface area (Å²) in [6, 6.07) is 0. The third-order valence-electron chi connectivity index (χ3n) is 3.91. The quantitative estimate of drug-likeness (QED) is 0.693. The SMILES string of the molecule is CCOS(=O)(=O)O[C@@H]1[C@H]2OC(C)(C)O[C@H]2O[C@@H]1[C@H]1COC(C)(C)O1. The Morgan fingerprint density at radius 2 is 1.75 bits per heavy atom.